The maximum atomic E-state index is 15.0. The van der Waals surface area contributed by atoms with Crippen molar-refractivity contribution in [3.8, 4) is 28.7 Å². The first-order valence-electron chi connectivity index (χ1n) is 23.3. The van der Waals surface area contributed by atoms with Crippen LogP contribution in [0.5, 0.6) is 28.7 Å². The van der Waals surface area contributed by atoms with Gasteiger partial charge in [-0.15, -0.1) is 18.3 Å². The van der Waals surface area contributed by atoms with Gasteiger partial charge in [0.05, 0.1) is 24.8 Å². The zero-order chi connectivity index (χ0) is 44.0. The van der Waals surface area contributed by atoms with E-state index in [1.807, 2.05) is 47.4 Å². The van der Waals surface area contributed by atoms with Crippen LogP contribution in [0.2, 0.25) is 0 Å². The highest BCUT2D eigenvalue weighted by molar-refractivity contribution is 7.98. The topological polar surface area (TPSA) is 138 Å². The summed E-state index contributed by atoms with van der Waals surface area (Å²) in [7, 11) is 0. The second-order valence-corrected chi connectivity index (χ2v) is 18.8. The van der Waals surface area contributed by atoms with Gasteiger partial charge in [-0.1, -0.05) is 36.2 Å². The monoisotopic (exact) mass is 894 g/mol. The summed E-state index contributed by atoms with van der Waals surface area (Å²) in [6.45, 7) is 5.55. The number of unbranched alkanes of at least 4 members (excludes halogenated alkanes) is 2. The highest BCUT2D eigenvalue weighted by Gasteiger charge is 2.66. The molecule has 64 heavy (non-hydrogen) atoms. The molecule has 3 aromatic carbocycles. The van der Waals surface area contributed by atoms with E-state index in [0.29, 0.717) is 48.9 Å². The number of fused-ring (bicyclic) bond motifs is 3. The Morgan fingerprint density at radius 2 is 1.72 bits per heavy atom. The van der Waals surface area contributed by atoms with Gasteiger partial charge in [-0.3, -0.25) is 4.79 Å². The van der Waals surface area contributed by atoms with Crippen LogP contribution in [0, 0.1) is 23.7 Å². The second kappa shape index (κ2) is 20.3. The quantitative estimate of drug-likeness (QED) is 0.0486. The summed E-state index contributed by atoms with van der Waals surface area (Å²) >= 11 is 1.68. The van der Waals surface area contributed by atoms with Crippen LogP contribution in [-0.4, -0.2) is 84.3 Å². The van der Waals surface area contributed by atoms with Gasteiger partial charge in [-0.2, -0.15) is 0 Å². The molecule has 6 aliphatic rings. The molecule has 3 aliphatic carbocycles. The Balaban J connectivity index is 1.22. The molecular formula is C51H62N2O10S. The molecular weight excluding hydrogens is 833 g/mol. The van der Waals surface area contributed by atoms with E-state index in [0.717, 1.165) is 90.8 Å². The molecule has 3 fully saturated rings. The molecule has 1 saturated heterocycles. The van der Waals surface area contributed by atoms with E-state index in [9.17, 15) is 10.2 Å². The first-order valence-corrected chi connectivity index (χ1v) is 24.5. The van der Waals surface area contributed by atoms with Crippen LogP contribution in [0.15, 0.2) is 95.0 Å². The lowest BCUT2D eigenvalue weighted by atomic mass is 9.55. The van der Waals surface area contributed by atoms with Crippen LogP contribution < -0.4 is 18.9 Å². The van der Waals surface area contributed by atoms with E-state index in [-0.39, 0.29) is 62.7 Å². The van der Waals surface area contributed by atoms with Crippen LogP contribution in [0.4, 0.5) is 0 Å². The molecule has 0 spiro atoms. The molecule has 0 bridgehead atoms. The van der Waals surface area contributed by atoms with Gasteiger partial charge in [0.15, 0.2) is 11.5 Å². The summed E-state index contributed by atoms with van der Waals surface area (Å²) in [4.78, 5) is 24.5. The molecule has 7 unspecified atom stereocenters. The Morgan fingerprint density at radius 3 is 2.47 bits per heavy atom. The van der Waals surface area contributed by atoms with Crippen LogP contribution in [0.25, 0.3) is 0 Å². The third kappa shape index (κ3) is 9.42. The lowest BCUT2D eigenvalue weighted by Gasteiger charge is -2.60. The number of amides is 1. The predicted octanol–water partition coefficient (Wildman–Crippen LogP) is 9.53. The van der Waals surface area contributed by atoms with Gasteiger partial charge in [0.2, 0.25) is 24.8 Å². The number of carbonyl (C=O) groups is 1. The van der Waals surface area contributed by atoms with Crippen molar-refractivity contribution in [1.29, 1.82) is 0 Å². The van der Waals surface area contributed by atoms with Crippen molar-refractivity contribution in [1.82, 2.24) is 4.90 Å². The number of oxime groups is 1. The lowest BCUT2D eigenvalue weighted by Crippen LogP contribution is -2.70. The van der Waals surface area contributed by atoms with Gasteiger partial charge in [-0.05, 0) is 135 Å². The zero-order valence-corrected chi connectivity index (χ0v) is 37.7. The number of hydrogen-bond donors (Lipinski definition) is 2. The van der Waals surface area contributed by atoms with Crippen molar-refractivity contribution < 1.29 is 48.3 Å². The molecule has 342 valence electrons. The number of thioether (sulfide) groups is 1. The van der Waals surface area contributed by atoms with Gasteiger partial charge in [0.25, 0.3) is 0 Å². The minimum absolute atomic E-state index is 0.0481. The fourth-order valence-electron chi connectivity index (χ4n) is 10.6. The highest BCUT2D eigenvalue weighted by atomic mass is 32.2. The van der Waals surface area contributed by atoms with Crippen molar-refractivity contribution in [2.45, 2.75) is 113 Å². The van der Waals surface area contributed by atoms with Crippen molar-refractivity contribution in [3.05, 3.63) is 96.1 Å². The zero-order valence-electron chi connectivity index (χ0n) is 36.9. The summed E-state index contributed by atoms with van der Waals surface area (Å²) in [5, 5.41) is 25.1. The molecule has 2 saturated carbocycles. The second-order valence-electron chi connectivity index (χ2n) is 17.9. The van der Waals surface area contributed by atoms with Crippen LogP contribution >= 0.6 is 11.8 Å². The molecule has 12 nitrogen and oxygen atoms in total. The maximum absolute atomic E-state index is 15.0. The summed E-state index contributed by atoms with van der Waals surface area (Å²) in [5.41, 5.74) is 3.64. The van der Waals surface area contributed by atoms with Gasteiger partial charge < -0.3 is 48.4 Å². The maximum Gasteiger partial charge on any atom is 0.239 e. The van der Waals surface area contributed by atoms with Gasteiger partial charge in [0, 0.05) is 54.9 Å². The number of ether oxygens (including phenoxy) is 6. The van der Waals surface area contributed by atoms with Crippen LogP contribution in [0.3, 0.4) is 0 Å². The fraction of sp³-hybridized carbons (Fsp3) is 0.529. The number of rotatable bonds is 20. The normalized spacial score (nSPS) is 27.2. The largest absolute Gasteiger partial charge is 0.459 e. The average Bonchev–Trinajstić information content (AvgIpc) is 4.08. The molecule has 9 rings (SSSR count). The van der Waals surface area contributed by atoms with Crippen molar-refractivity contribution in [2.75, 3.05) is 39.5 Å². The minimum atomic E-state index is -1.37. The number of aliphatic hydroxyl groups is 2. The molecule has 0 aromatic heterocycles. The minimum Gasteiger partial charge on any atom is -0.459 e. The van der Waals surface area contributed by atoms with Gasteiger partial charge in [-0.25, -0.2) is 0 Å². The number of benzene rings is 3. The number of allylic oxidation sites excluding steroid dienone is 1. The number of hydrogen-bond acceptors (Lipinski definition) is 12. The number of aliphatic hydroxyl groups excluding tert-OH is 2. The Morgan fingerprint density at radius 1 is 0.938 bits per heavy atom. The van der Waals surface area contributed by atoms with E-state index in [1.165, 1.54) is 0 Å². The van der Waals surface area contributed by atoms with Gasteiger partial charge in [0.1, 0.15) is 23.3 Å². The standard InChI is InChI=1S/C51H62N2O10S/c1-3-25-60-51-46(53(50(56)34-14-15-34)31-33-13-21-44-45(27-33)59-32-58-44)30-42(52-63-47-12-6-9-26-57-47)40-28-35(10-4-7-23-54)39(11-5-8-24-55)48(49(40)51)41-29-37(18-22-43(41)62-51)61-36-16-19-38(64-2)20-17-36/h3,13,16-22,27-29,34-35,39,46-49,54-55H,1,4-12,14-15,23-26,30-32H2,2H3. The molecule has 1 amide bonds. The van der Waals surface area contributed by atoms with Crippen LogP contribution in [0.1, 0.15) is 94.1 Å². The first-order chi connectivity index (χ1) is 31.4. The molecule has 13 heteroatoms. The first kappa shape index (κ1) is 44.7. The van der Waals surface area contributed by atoms with E-state index in [2.05, 4.69) is 37.1 Å². The van der Waals surface area contributed by atoms with Gasteiger partial charge >= 0.3 is 0 Å². The molecule has 3 heterocycles. The van der Waals surface area contributed by atoms with Crippen molar-refractivity contribution >= 4 is 23.4 Å². The Bertz CT molecular complexity index is 2170. The van der Waals surface area contributed by atoms with Crippen molar-refractivity contribution in [3.63, 3.8) is 0 Å². The number of carbonyl (C=O) groups excluding carboxylic acids is 1. The lowest BCUT2D eigenvalue weighted by molar-refractivity contribution is -0.258. The summed E-state index contributed by atoms with van der Waals surface area (Å²) in [6.07, 6.45) is 15.1. The molecule has 2 N–H and O–H groups in total. The number of nitrogens with zero attached hydrogens (tertiary/aromatic N) is 2. The summed E-state index contributed by atoms with van der Waals surface area (Å²) in [5.74, 6) is 1.54. The molecule has 3 aliphatic heterocycles. The Hall–Kier alpha value is -4.53. The smallest absolute Gasteiger partial charge is 0.239 e. The highest BCUT2D eigenvalue weighted by Crippen LogP contribution is 2.62. The third-order valence-corrected chi connectivity index (χ3v) is 14.5. The SMILES string of the molecule is C=CCOC12Oc3ccc(Oc4ccc(SC)cc4)cc3C3C(CCCCO)C(CCCCO)C=C(C(=NOC4CCCCO4)CC1N(Cc1ccc4c(c1)OCO4)C(=O)C1CC1)C32. The molecule has 7 atom stereocenters. The molecule has 0 radical (unpaired) electrons. The summed E-state index contributed by atoms with van der Waals surface area (Å²) < 4.78 is 38.8. The van der Waals surface area contributed by atoms with E-state index in [1.54, 1.807) is 17.8 Å². The van der Waals surface area contributed by atoms with Crippen LogP contribution in [-0.2, 0) is 25.7 Å². The Labute approximate surface area is 380 Å². The Kier molecular flexibility index (Phi) is 14.2. The predicted molar refractivity (Wildman–Crippen MR) is 244 cm³/mol. The third-order valence-electron chi connectivity index (χ3n) is 13.7. The van der Waals surface area contributed by atoms with E-state index >= 15 is 4.79 Å². The van der Waals surface area contributed by atoms with E-state index in [4.69, 9.17) is 38.4 Å². The average molecular weight is 895 g/mol. The van der Waals surface area contributed by atoms with E-state index < -0.39 is 24.0 Å². The van der Waals surface area contributed by atoms with Crippen molar-refractivity contribution in [2.24, 2.45) is 28.8 Å². The fourth-order valence-corrected chi connectivity index (χ4v) is 11.0. The summed E-state index contributed by atoms with van der Waals surface area (Å²) in [6, 6.07) is 19.4. The molecule has 3 aromatic rings.